The zero-order chi connectivity index (χ0) is 29.2. The van der Waals surface area contributed by atoms with E-state index in [1.54, 1.807) is 55.7 Å². The molecule has 6 rings (SSSR count). The molecule has 0 aliphatic carbocycles. The molecule has 0 spiro atoms. The fraction of sp³-hybridized carbons (Fsp3) is 0.286. The van der Waals surface area contributed by atoms with Gasteiger partial charge in [-0.15, -0.1) is 15.3 Å². The first-order chi connectivity index (χ1) is 20.3. The minimum Gasteiger partial charge on any atom is -0.417 e. The van der Waals surface area contributed by atoms with E-state index in [-0.39, 0.29) is 11.5 Å². The maximum absolute atomic E-state index is 13.2. The topological polar surface area (TPSA) is 119 Å². The smallest absolute Gasteiger partial charge is 0.259 e. The van der Waals surface area contributed by atoms with E-state index in [9.17, 15) is 4.79 Å². The van der Waals surface area contributed by atoms with Crippen molar-refractivity contribution in [2.45, 2.75) is 6.54 Å². The lowest BCUT2D eigenvalue weighted by Crippen LogP contribution is -2.45. The highest BCUT2D eigenvalue weighted by atomic mass is 35.5. The predicted molar refractivity (Wildman–Crippen MR) is 162 cm³/mol. The van der Waals surface area contributed by atoms with Crippen molar-refractivity contribution in [1.82, 2.24) is 44.3 Å². The number of aryl methyl sites for hydroxylation is 1. The van der Waals surface area contributed by atoms with Crippen LogP contribution in [0.5, 0.6) is 11.8 Å². The van der Waals surface area contributed by atoms with Gasteiger partial charge in [0.15, 0.2) is 5.82 Å². The standard InChI is InChI=1S/C28H28Cl2N10O2/c1-37-10-12-39(13-11-37)14-15-40-9-8-24(36-40)42-23-7-6-22(34-35-23)32-28-31-17-18-16-19(27(41)38(2)26(18)33-28)25-20(29)4-3-5-21(25)30/h3-9,16-17H,10-15H2,1-2H3,(H,31,32,33,34). The molecule has 1 aliphatic heterocycles. The summed E-state index contributed by atoms with van der Waals surface area (Å²) >= 11 is 12.7. The quantitative estimate of drug-likeness (QED) is 0.277. The van der Waals surface area contributed by atoms with E-state index in [0.717, 1.165) is 39.3 Å². The molecule has 12 nitrogen and oxygen atoms in total. The number of hydrogen-bond acceptors (Lipinski definition) is 10. The molecule has 1 saturated heterocycles. The number of nitrogens with one attached hydrogen (secondary N) is 1. The summed E-state index contributed by atoms with van der Waals surface area (Å²) in [5, 5.41) is 17.2. The van der Waals surface area contributed by atoms with Crippen molar-refractivity contribution in [2.24, 2.45) is 7.05 Å². The summed E-state index contributed by atoms with van der Waals surface area (Å²) in [5.41, 5.74) is 0.984. The average Bonchev–Trinajstić information content (AvgIpc) is 3.43. The molecule has 0 bridgehead atoms. The molecule has 5 heterocycles. The van der Waals surface area contributed by atoms with Crippen LogP contribution >= 0.6 is 23.2 Å². The number of anilines is 2. The van der Waals surface area contributed by atoms with Crippen molar-refractivity contribution in [3.8, 4) is 22.9 Å². The molecule has 14 heteroatoms. The van der Waals surface area contributed by atoms with Gasteiger partial charge in [0.1, 0.15) is 5.65 Å². The Hall–Kier alpha value is -4.10. The Morgan fingerprint density at radius 1 is 0.952 bits per heavy atom. The second kappa shape index (κ2) is 12.0. The number of aromatic nitrogens is 7. The van der Waals surface area contributed by atoms with Crippen LogP contribution in [-0.4, -0.2) is 84.1 Å². The minimum absolute atomic E-state index is 0.253. The first-order valence-electron chi connectivity index (χ1n) is 13.4. The van der Waals surface area contributed by atoms with E-state index in [4.69, 9.17) is 27.9 Å². The maximum atomic E-state index is 13.2. The van der Waals surface area contributed by atoms with Crippen molar-refractivity contribution in [3.05, 3.63) is 75.3 Å². The van der Waals surface area contributed by atoms with Crippen molar-refractivity contribution < 1.29 is 4.74 Å². The van der Waals surface area contributed by atoms with Gasteiger partial charge in [0.25, 0.3) is 5.56 Å². The Balaban J connectivity index is 1.11. The van der Waals surface area contributed by atoms with E-state index in [1.807, 2.05) is 10.9 Å². The average molecular weight is 608 g/mol. The van der Waals surface area contributed by atoms with E-state index in [0.29, 0.717) is 49.8 Å². The van der Waals surface area contributed by atoms with Gasteiger partial charge in [0.2, 0.25) is 17.7 Å². The third-order valence-corrected chi connectivity index (χ3v) is 7.76. The molecule has 0 saturated carbocycles. The number of ether oxygens (including phenoxy) is 1. The summed E-state index contributed by atoms with van der Waals surface area (Å²) in [5.74, 6) is 1.41. The number of nitrogens with zero attached hydrogens (tertiary/aromatic N) is 9. The van der Waals surface area contributed by atoms with Crippen LogP contribution in [0, 0.1) is 0 Å². The van der Waals surface area contributed by atoms with Crippen LogP contribution in [0.1, 0.15) is 0 Å². The Labute approximate surface area is 251 Å². The minimum atomic E-state index is -0.287. The third kappa shape index (κ3) is 6.07. The van der Waals surface area contributed by atoms with Gasteiger partial charge in [-0.25, -0.2) is 4.98 Å². The monoisotopic (exact) mass is 606 g/mol. The molecular weight excluding hydrogens is 579 g/mol. The number of halogens is 2. The molecule has 42 heavy (non-hydrogen) atoms. The Bertz CT molecular complexity index is 1760. The lowest BCUT2D eigenvalue weighted by molar-refractivity contribution is 0.148. The van der Waals surface area contributed by atoms with Crippen LogP contribution in [0.4, 0.5) is 11.8 Å². The Morgan fingerprint density at radius 2 is 1.74 bits per heavy atom. The van der Waals surface area contributed by atoms with E-state index in [2.05, 4.69) is 47.4 Å². The third-order valence-electron chi connectivity index (χ3n) is 7.13. The molecule has 1 N–H and O–H groups in total. The van der Waals surface area contributed by atoms with Gasteiger partial charge in [-0.2, -0.15) is 4.98 Å². The van der Waals surface area contributed by atoms with Crippen molar-refractivity contribution in [1.29, 1.82) is 0 Å². The molecule has 1 fully saturated rings. The molecule has 0 radical (unpaired) electrons. The van der Waals surface area contributed by atoms with Gasteiger partial charge >= 0.3 is 0 Å². The number of likely N-dealkylation sites (N-methyl/N-ethyl adjacent to an activating group) is 1. The van der Waals surface area contributed by atoms with Crippen LogP contribution in [0.3, 0.4) is 0 Å². The van der Waals surface area contributed by atoms with E-state index < -0.39 is 0 Å². The summed E-state index contributed by atoms with van der Waals surface area (Å²) in [6.07, 6.45) is 3.51. The highest BCUT2D eigenvalue weighted by Gasteiger charge is 2.17. The number of piperazine rings is 1. The van der Waals surface area contributed by atoms with Crippen LogP contribution in [0.15, 0.2) is 59.7 Å². The summed E-state index contributed by atoms with van der Waals surface area (Å²) in [7, 11) is 3.78. The number of benzene rings is 1. The van der Waals surface area contributed by atoms with E-state index >= 15 is 0 Å². The van der Waals surface area contributed by atoms with Crippen molar-refractivity contribution in [3.63, 3.8) is 0 Å². The molecule has 5 aromatic rings. The summed E-state index contributed by atoms with van der Waals surface area (Å²) < 4.78 is 9.08. The summed E-state index contributed by atoms with van der Waals surface area (Å²) in [6.45, 7) is 6.04. The lowest BCUT2D eigenvalue weighted by atomic mass is 10.1. The zero-order valence-corrected chi connectivity index (χ0v) is 24.5. The molecule has 1 aliphatic rings. The van der Waals surface area contributed by atoms with Gasteiger partial charge in [-0.1, -0.05) is 29.3 Å². The first kappa shape index (κ1) is 28.0. The second-order valence-corrected chi connectivity index (χ2v) is 10.9. The molecule has 1 aromatic carbocycles. The zero-order valence-electron chi connectivity index (χ0n) is 23.0. The fourth-order valence-corrected chi connectivity index (χ4v) is 5.34. The highest BCUT2D eigenvalue weighted by molar-refractivity contribution is 6.39. The number of fused-ring (bicyclic) bond motifs is 1. The van der Waals surface area contributed by atoms with Crippen LogP contribution < -0.4 is 15.6 Å². The van der Waals surface area contributed by atoms with Crippen LogP contribution in [0.2, 0.25) is 10.0 Å². The predicted octanol–water partition coefficient (Wildman–Crippen LogP) is 4.07. The number of hydrogen-bond donors (Lipinski definition) is 1. The van der Waals surface area contributed by atoms with E-state index in [1.165, 1.54) is 4.57 Å². The van der Waals surface area contributed by atoms with Gasteiger partial charge in [0.05, 0.1) is 22.2 Å². The van der Waals surface area contributed by atoms with Gasteiger partial charge in [-0.05, 0) is 31.3 Å². The summed E-state index contributed by atoms with van der Waals surface area (Å²) in [4.78, 5) is 26.9. The highest BCUT2D eigenvalue weighted by Crippen LogP contribution is 2.33. The number of pyridine rings is 1. The van der Waals surface area contributed by atoms with Crippen molar-refractivity contribution >= 4 is 46.0 Å². The lowest BCUT2D eigenvalue weighted by Gasteiger charge is -2.32. The molecule has 0 unspecified atom stereocenters. The molecule has 216 valence electrons. The maximum Gasteiger partial charge on any atom is 0.259 e. The van der Waals surface area contributed by atoms with Crippen molar-refractivity contribution in [2.75, 3.05) is 45.1 Å². The number of rotatable bonds is 8. The SMILES string of the molecule is CN1CCN(CCn2ccc(Oc3ccc(Nc4ncc5cc(-c6c(Cl)cccc6Cl)c(=O)n(C)c5n4)nn3)n2)CC1. The second-order valence-electron chi connectivity index (χ2n) is 10.0. The molecular formula is C28H28Cl2N10O2. The van der Waals surface area contributed by atoms with Crippen LogP contribution in [0.25, 0.3) is 22.2 Å². The Morgan fingerprint density at radius 3 is 2.48 bits per heavy atom. The normalized spacial score (nSPS) is 14.4. The van der Waals surface area contributed by atoms with Gasteiger partial charge < -0.3 is 15.0 Å². The molecule has 0 amide bonds. The summed E-state index contributed by atoms with van der Waals surface area (Å²) in [6, 6.07) is 12.0. The largest absolute Gasteiger partial charge is 0.417 e. The van der Waals surface area contributed by atoms with Gasteiger partial charge in [-0.3, -0.25) is 18.9 Å². The molecule has 4 aromatic heterocycles. The Kier molecular flexibility index (Phi) is 8.02. The fourth-order valence-electron chi connectivity index (χ4n) is 4.74. The molecule has 0 atom stereocenters. The van der Waals surface area contributed by atoms with Gasteiger partial charge in [0, 0.05) is 75.2 Å². The van der Waals surface area contributed by atoms with Crippen LogP contribution in [-0.2, 0) is 13.6 Å². The first-order valence-corrected chi connectivity index (χ1v) is 14.1.